The molecule has 0 fully saturated rings. The first-order chi connectivity index (χ1) is 9.54. The molecule has 0 aliphatic heterocycles. The van der Waals surface area contributed by atoms with Crippen LogP contribution < -0.4 is 5.32 Å². The number of nitrogens with one attached hydrogen (secondary N) is 1. The van der Waals surface area contributed by atoms with Gasteiger partial charge in [-0.3, -0.25) is 0 Å². The molecule has 0 aromatic carbocycles. The van der Waals surface area contributed by atoms with Crippen molar-refractivity contribution in [2.24, 2.45) is 0 Å². The monoisotopic (exact) mass is 331 g/mol. The molecular formula is C16H33NO4Si. The minimum absolute atomic E-state index is 0.0248. The summed E-state index contributed by atoms with van der Waals surface area (Å²) >= 11 is 0. The molecule has 0 saturated heterocycles. The van der Waals surface area contributed by atoms with Crippen molar-refractivity contribution in [2.45, 2.75) is 90.8 Å². The molecule has 0 rings (SSSR count). The standard InChI is InChI=1S/C16H33NO4Si/c1-12(21-22(9,10)15(5,6)7)16(8,11-18)17-13(19)20-14(2,3)4/h11-12H,1-10H3,(H,17,19)/t12-,16-/m0/s1. The highest BCUT2D eigenvalue weighted by atomic mass is 28.4. The Labute approximate surface area is 136 Å². The fourth-order valence-electron chi connectivity index (χ4n) is 1.49. The van der Waals surface area contributed by atoms with E-state index in [9.17, 15) is 9.59 Å². The smallest absolute Gasteiger partial charge is 0.408 e. The molecule has 22 heavy (non-hydrogen) atoms. The van der Waals surface area contributed by atoms with Crippen LogP contribution in [-0.4, -0.2) is 37.9 Å². The highest BCUT2D eigenvalue weighted by Gasteiger charge is 2.43. The lowest BCUT2D eigenvalue weighted by molar-refractivity contribution is -0.116. The lowest BCUT2D eigenvalue weighted by atomic mass is 9.98. The van der Waals surface area contributed by atoms with Crippen molar-refractivity contribution >= 4 is 20.7 Å². The summed E-state index contributed by atoms with van der Waals surface area (Å²) in [4.78, 5) is 23.5. The van der Waals surface area contributed by atoms with Gasteiger partial charge in [-0.1, -0.05) is 20.8 Å². The zero-order valence-corrected chi connectivity index (χ0v) is 16.8. The zero-order valence-electron chi connectivity index (χ0n) is 15.8. The summed E-state index contributed by atoms with van der Waals surface area (Å²) < 4.78 is 11.5. The maximum absolute atomic E-state index is 12.0. The van der Waals surface area contributed by atoms with Crippen molar-refractivity contribution in [3.05, 3.63) is 0 Å². The van der Waals surface area contributed by atoms with E-state index in [1.165, 1.54) is 0 Å². The molecule has 0 heterocycles. The maximum Gasteiger partial charge on any atom is 0.408 e. The number of rotatable bonds is 5. The number of carbonyl (C=O) groups excluding carboxylic acids is 2. The quantitative estimate of drug-likeness (QED) is 0.613. The van der Waals surface area contributed by atoms with E-state index >= 15 is 0 Å². The average Bonchev–Trinajstić information content (AvgIpc) is 2.23. The molecule has 6 heteroatoms. The normalized spacial score (nSPS) is 17.4. The van der Waals surface area contributed by atoms with Crippen LogP contribution in [0.3, 0.4) is 0 Å². The van der Waals surface area contributed by atoms with E-state index in [1.54, 1.807) is 27.7 Å². The first kappa shape index (κ1) is 21.1. The van der Waals surface area contributed by atoms with Crippen LogP contribution in [0.2, 0.25) is 18.1 Å². The predicted octanol–water partition coefficient (Wildman–Crippen LogP) is 3.88. The third-order valence-corrected chi connectivity index (χ3v) is 8.69. The Morgan fingerprint density at radius 2 is 1.55 bits per heavy atom. The SMILES string of the molecule is C[C@H](O[Si](C)(C)C(C)(C)C)[C@](C)(C=O)NC(=O)OC(C)(C)C. The molecule has 0 bridgehead atoms. The van der Waals surface area contributed by atoms with Gasteiger partial charge >= 0.3 is 6.09 Å². The first-order valence-electron chi connectivity index (χ1n) is 7.69. The molecule has 0 aromatic rings. The molecule has 0 aliphatic carbocycles. The molecule has 0 radical (unpaired) electrons. The summed E-state index contributed by atoms with van der Waals surface area (Å²) in [7, 11) is -2.04. The van der Waals surface area contributed by atoms with Gasteiger partial charge in [0.15, 0.2) is 8.32 Å². The third kappa shape index (κ3) is 6.08. The van der Waals surface area contributed by atoms with E-state index < -0.39 is 31.7 Å². The third-order valence-electron chi connectivity index (χ3n) is 4.14. The van der Waals surface area contributed by atoms with E-state index in [4.69, 9.17) is 9.16 Å². The Hall–Kier alpha value is -0.883. The largest absolute Gasteiger partial charge is 0.444 e. The Bertz CT molecular complexity index is 409. The number of alkyl carbamates (subject to hydrolysis) is 1. The minimum atomic E-state index is -2.04. The Kier molecular flexibility index (Phi) is 6.43. The first-order valence-corrected chi connectivity index (χ1v) is 10.6. The van der Waals surface area contributed by atoms with Crippen molar-refractivity contribution in [3.63, 3.8) is 0 Å². The molecule has 130 valence electrons. The molecular weight excluding hydrogens is 298 g/mol. The van der Waals surface area contributed by atoms with Gasteiger partial charge in [-0.2, -0.15) is 0 Å². The number of carbonyl (C=O) groups is 2. The molecule has 2 atom stereocenters. The zero-order chi connectivity index (χ0) is 18.0. The van der Waals surface area contributed by atoms with Crippen LogP contribution in [0.1, 0.15) is 55.4 Å². The van der Waals surface area contributed by atoms with E-state index in [0.29, 0.717) is 6.29 Å². The fraction of sp³-hybridized carbons (Fsp3) is 0.875. The molecule has 5 nitrogen and oxygen atoms in total. The number of amides is 1. The predicted molar refractivity (Wildman–Crippen MR) is 91.6 cm³/mol. The van der Waals surface area contributed by atoms with Gasteiger partial charge in [-0.15, -0.1) is 0 Å². The van der Waals surface area contributed by atoms with Gasteiger partial charge in [0.2, 0.25) is 0 Å². The van der Waals surface area contributed by atoms with Gasteiger partial charge < -0.3 is 19.3 Å². The molecule has 0 aliphatic rings. The van der Waals surface area contributed by atoms with Crippen LogP contribution in [0.5, 0.6) is 0 Å². The lowest BCUT2D eigenvalue weighted by Gasteiger charge is -2.42. The van der Waals surface area contributed by atoms with Gasteiger partial charge in [0.25, 0.3) is 0 Å². The van der Waals surface area contributed by atoms with E-state index in [1.807, 2.05) is 6.92 Å². The van der Waals surface area contributed by atoms with Crippen molar-refractivity contribution in [2.75, 3.05) is 0 Å². The topological polar surface area (TPSA) is 64.6 Å². The second-order valence-corrected chi connectivity index (χ2v) is 13.3. The number of hydrogen-bond donors (Lipinski definition) is 1. The van der Waals surface area contributed by atoms with Crippen molar-refractivity contribution in [1.82, 2.24) is 5.32 Å². The number of aldehydes is 1. The van der Waals surface area contributed by atoms with Gasteiger partial charge in [-0.25, -0.2) is 4.79 Å². The highest BCUT2D eigenvalue weighted by molar-refractivity contribution is 6.74. The minimum Gasteiger partial charge on any atom is -0.444 e. The van der Waals surface area contributed by atoms with Crippen molar-refractivity contribution < 1.29 is 18.8 Å². The van der Waals surface area contributed by atoms with Gasteiger partial charge in [0.1, 0.15) is 17.4 Å². The molecule has 0 saturated carbocycles. The summed E-state index contributed by atoms with van der Waals surface area (Å²) in [5.74, 6) is 0. The van der Waals surface area contributed by atoms with Crippen molar-refractivity contribution in [1.29, 1.82) is 0 Å². The molecule has 0 unspecified atom stereocenters. The summed E-state index contributed by atoms with van der Waals surface area (Å²) in [6.45, 7) is 19.4. The van der Waals surface area contributed by atoms with E-state index in [0.717, 1.165) is 0 Å². The Morgan fingerprint density at radius 1 is 1.09 bits per heavy atom. The molecule has 0 aromatic heterocycles. The Morgan fingerprint density at radius 3 is 1.86 bits per heavy atom. The van der Waals surface area contributed by atoms with Crippen LogP contribution in [0.25, 0.3) is 0 Å². The summed E-state index contributed by atoms with van der Waals surface area (Å²) in [5.41, 5.74) is -1.74. The lowest BCUT2D eigenvalue weighted by Crippen LogP contribution is -2.59. The highest BCUT2D eigenvalue weighted by Crippen LogP contribution is 2.38. The second-order valence-electron chi connectivity index (χ2n) is 8.55. The van der Waals surface area contributed by atoms with Crippen molar-refractivity contribution in [3.8, 4) is 0 Å². The van der Waals surface area contributed by atoms with E-state index in [2.05, 4.69) is 39.2 Å². The van der Waals surface area contributed by atoms with Crippen LogP contribution >= 0.6 is 0 Å². The van der Waals surface area contributed by atoms with Crippen LogP contribution in [0.15, 0.2) is 0 Å². The summed E-state index contributed by atoms with van der Waals surface area (Å²) in [5, 5.41) is 2.67. The molecule has 1 amide bonds. The summed E-state index contributed by atoms with van der Waals surface area (Å²) in [6, 6.07) is 0. The molecule has 1 N–H and O–H groups in total. The fourth-order valence-corrected chi connectivity index (χ4v) is 2.97. The van der Waals surface area contributed by atoms with Gasteiger partial charge in [0.05, 0.1) is 6.10 Å². The van der Waals surface area contributed by atoms with Gasteiger partial charge in [0, 0.05) is 0 Å². The number of ether oxygens (including phenoxy) is 1. The second kappa shape index (κ2) is 6.70. The van der Waals surface area contributed by atoms with E-state index in [-0.39, 0.29) is 5.04 Å². The summed E-state index contributed by atoms with van der Waals surface area (Å²) in [6.07, 6.45) is -0.347. The van der Waals surface area contributed by atoms with Crippen LogP contribution in [-0.2, 0) is 14.0 Å². The van der Waals surface area contributed by atoms with Gasteiger partial charge in [-0.05, 0) is 52.8 Å². The number of hydrogen-bond acceptors (Lipinski definition) is 4. The molecule has 0 spiro atoms. The Balaban J connectivity index is 5.07. The van der Waals surface area contributed by atoms with Crippen LogP contribution in [0, 0.1) is 0 Å². The average molecular weight is 332 g/mol. The maximum atomic E-state index is 12.0. The van der Waals surface area contributed by atoms with Crippen LogP contribution in [0.4, 0.5) is 4.79 Å².